The summed E-state index contributed by atoms with van der Waals surface area (Å²) in [6.07, 6.45) is 14.0. The van der Waals surface area contributed by atoms with Crippen LogP contribution in [0.3, 0.4) is 0 Å². The Balaban J connectivity index is 2.13. The molecule has 1 saturated heterocycles. The molecule has 2 aliphatic rings. The van der Waals surface area contributed by atoms with Crippen LogP contribution >= 0.6 is 0 Å². The second kappa shape index (κ2) is 8.53. The van der Waals surface area contributed by atoms with E-state index in [4.69, 9.17) is 0 Å². The van der Waals surface area contributed by atoms with E-state index in [2.05, 4.69) is 31.0 Å². The molecular formula is C19H38N2. The maximum absolute atomic E-state index is 3.97. The number of hydrogen-bond donors (Lipinski definition) is 1. The summed E-state index contributed by atoms with van der Waals surface area (Å²) in [7, 11) is 0. The predicted molar refractivity (Wildman–Crippen MR) is 92.8 cm³/mol. The molecule has 1 N–H and O–H groups in total. The molecule has 0 radical (unpaired) electrons. The van der Waals surface area contributed by atoms with Gasteiger partial charge in [-0.25, -0.2) is 0 Å². The van der Waals surface area contributed by atoms with Crippen molar-refractivity contribution in [1.82, 2.24) is 10.2 Å². The van der Waals surface area contributed by atoms with Crippen molar-refractivity contribution >= 4 is 0 Å². The number of hydrogen-bond acceptors (Lipinski definition) is 2. The average molecular weight is 295 g/mol. The molecule has 0 aromatic heterocycles. The predicted octanol–water partition coefficient (Wildman–Crippen LogP) is 4.59. The average Bonchev–Trinajstić information content (AvgIpc) is 3.02. The highest BCUT2D eigenvalue weighted by Gasteiger charge is 2.45. The van der Waals surface area contributed by atoms with Crippen molar-refractivity contribution in [1.29, 1.82) is 0 Å². The van der Waals surface area contributed by atoms with Gasteiger partial charge in [0, 0.05) is 11.6 Å². The van der Waals surface area contributed by atoms with E-state index in [1.165, 1.54) is 83.8 Å². The zero-order valence-corrected chi connectivity index (χ0v) is 14.8. The van der Waals surface area contributed by atoms with Crippen molar-refractivity contribution in [3.63, 3.8) is 0 Å². The van der Waals surface area contributed by atoms with E-state index in [-0.39, 0.29) is 0 Å². The summed E-state index contributed by atoms with van der Waals surface area (Å²) in [4.78, 5) is 2.90. The van der Waals surface area contributed by atoms with Crippen LogP contribution in [0.4, 0.5) is 0 Å². The smallest absolute Gasteiger partial charge is 0.0362 e. The molecule has 2 heteroatoms. The number of rotatable bonds is 8. The zero-order chi connectivity index (χ0) is 15.1. The molecule has 124 valence electrons. The second-order valence-electron chi connectivity index (χ2n) is 7.61. The molecule has 1 heterocycles. The molecular weight excluding hydrogens is 256 g/mol. The van der Waals surface area contributed by atoms with Crippen molar-refractivity contribution in [2.24, 2.45) is 5.92 Å². The van der Waals surface area contributed by atoms with Crippen molar-refractivity contribution in [3.05, 3.63) is 0 Å². The summed E-state index contributed by atoms with van der Waals surface area (Å²) in [5.74, 6) is 0.849. The van der Waals surface area contributed by atoms with Gasteiger partial charge in [0.2, 0.25) is 0 Å². The van der Waals surface area contributed by atoms with Gasteiger partial charge in [0.15, 0.2) is 0 Å². The van der Waals surface area contributed by atoms with Crippen LogP contribution < -0.4 is 5.32 Å². The van der Waals surface area contributed by atoms with Gasteiger partial charge in [-0.05, 0) is 64.1 Å². The largest absolute Gasteiger partial charge is 0.312 e. The lowest BCUT2D eigenvalue weighted by Gasteiger charge is -2.49. The third kappa shape index (κ3) is 4.22. The van der Waals surface area contributed by atoms with Crippen LogP contribution in [-0.4, -0.2) is 36.1 Å². The maximum atomic E-state index is 3.97. The molecule has 0 bridgehead atoms. The molecule has 0 aromatic carbocycles. The highest BCUT2D eigenvalue weighted by atomic mass is 15.2. The van der Waals surface area contributed by atoms with E-state index < -0.39 is 0 Å². The van der Waals surface area contributed by atoms with Gasteiger partial charge < -0.3 is 5.32 Å². The minimum absolute atomic E-state index is 0.485. The van der Waals surface area contributed by atoms with E-state index in [1.54, 1.807) is 0 Å². The minimum Gasteiger partial charge on any atom is -0.312 e. The van der Waals surface area contributed by atoms with Gasteiger partial charge in [-0.3, -0.25) is 4.90 Å². The fourth-order valence-corrected chi connectivity index (χ4v) is 4.59. The zero-order valence-electron chi connectivity index (χ0n) is 14.8. The minimum atomic E-state index is 0.485. The molecule has 1 aliphatic carbocycles. The first-order valence-corrected chi connectivity index (χ1v) is 9.71. The molecule has 2 atom stereocenters. The Morgan fingerprint density at radius 1 is 1.00 bits per heavy atom. The number of likely N-dealkylation sites (tertiary alicyclic amines) is 1. The standard InChI is InChI=1S/C19H38N2/c1-4-13-20-18(16-17(3)5-2)19(11-7-8-12-19)21-14-9-6-10-15-21/h17-18,20H,4-16H2,1-3H3. The Morgan fingerprint density at radius 2 is 1.67 bits per heavy atom. The summed E-state index contributed by atoms with van der Waals surface area (Å²) in [6, 6.07) is 0.716. The van der Waals surface area contributed by atoms with Crippen molar-refractivity contribution in [3.8, 4) is 0 Å². The van der Waals surface area contributed by atoms with Gasteiger partial charge in [0.05, 0.1) is 0 Å². The van der Waals surface area contributed by atoms with Gasteiger partial charge in [-0.1, -0.05) is 46.5 Å². The lowest BCUT2D eigenvalue weighted by Crippen LogP contribution is -2.61. The summed E-state index contributed by atoms with van der Waals surface area (Å²) in [6.45, 7) is 11.0. The molecule has 2 unspecified atom stereocenters. The first-order valence-electron chi connectivity index (χ1n) is 9.71. The molecule has 2 rings (SSSR count). The van der Waals surface area contributed by atoms with Gasteiger partial charge >= 0.3 is 0 Å². The molecule has 1 saturated carbocycles. The van der Waals surface area contributed by atoms with Crippen LogP contribution in [0.2, 0.25) is 0 Å². The first kappa shape index (κ1) is 17.3. The van der Waals surface area contributed by atoms with E-state index >= 15 is 0 Å². The summed E-state index contributed by atoms with van der Waals surface area (Å²) >= 11 is 0. The Bertz CT molecular complexity index is 277. The fraction of sp³-hybridized carbons (Fsp3) is 1.00. The van der Waals surface area contributed by atoms with Gasteiger partial charge in [0.1, 0.15) is 0 Å². The Morgan fingerprint density at radius 3 is 2.24 bits per heavy atom. The molecule has 2 nitrogen and oxygen atoms in total. The van der Waals surface area contributed by atoms with E-state index in [9.17, 15) is 0 Å². The summed E-state index contributed by atoms with van der Waals surface area (Å²) < 4.78 is 0. The molecule has 0 amide bonds. The number of nitrogens with zero attached hydrogens (tertiary/aromatic N) is 1. The molecule has 0 spiro atoms. The van der Waals surface area contributed by atoms with E-state index in [0.717, 1.165) is 5.92 Å². The molecule has 0 aromatic rings. The highest BCUT2D eigenvalue weighted by Crippen LogP contribution is 2.41. The number of nitrogens with one attached hydrogen (secondary N) is 1. The lowest BCUT2D eigenvalue weighted by atomic mass is 9.79. The lowest BCUT2D eigenvalue weighted by molar-refractivity contribution is 0.0293. The summed E-state index contributed by atoms with van der Waals surface area (Å²) in [5, 5.41) is 3.97. The van der Waals surface area contributed by atoms with Crippen LogP contribution in [0.5, 0.6) is 0 Å². The van der Waals surface area contributed by atoms with Crippen LogP contribution in [0.25, 0.3) is 0 Å². The number of piperidine rings is 1. The van der Waals surface area contributed by atoms with Gasteiger partial charge in [0.25, 0.3) is 0 Å². The first-order chi connectivity index (χ1) is 10.2. The Labute approximate surface area is 133 Å². The van der Waals surface area contributed by atoms with Crippen molar-refractivity contribution < 1.29 is 0 Å². The van der Waals surface area contributed by atoms with E-state index in [1.807, 2.05) is 0 Å². The Hall–Kier alpha value is -0.0800. The van der Waals surface area contributed by atoms with Crippen LogP contribution in [0.15, 0.2) is 0 Å². The third-order valence-corrected chi connectivity index (χ3v) is 6.08. The fourth-order valence-electron chi connectivity index (χ4n) is 4.59. The molecule has 1 aliphatic heterocycles. The topological polar surface area (TPSA) is 15.3 Å². The van der Waals surface area contributed by atoms with Crippen LogP contribution in [0, 0.1) is 5.92 Å². The van der Waals surface area contributed by atoms with Crippen molar-refractivity contribution in [2.75, 3.05) is 19.6 Å². The molecule has 2 fully saturated rings. The van der Waals surface area contributed by atoms with Gasteiger partial charge in [-0.15, -0.1) is 0 Å². The SMILES string of the molecule is CCCNC(CC(C)CC)C1(N2CCCCC2)CCCC1. The third-order valence-electron chi connectivity index (χ3n) is 6.08. The molecule has 21 heavy (non-hydrogen) atoms. The second-order valence-corrected chi connectivity index (χ2v) is 7.61. The highest BCUT2D eigenvalue weighted by molar-refractivity contribution is 5.04. The van der Waals surface area contributed by atoms with Gasteiger partial charge in [-0.2, -0.15) is 0 Å². The van der Waals surface area contributed by atoms with Crippen LogP contribution in [0.1, 0.15) is 85.0 Å². The monoisotopic (exact) mass is 294 g/mol. The van der Waals surface area contributed by atoms with E-state index in [0.29, 0.717) is 11.6 Å². The van der Waals surface area contributed by atoms with Crippen molar-refractivity contribution in [2.45, 2.75) is 96.6 Å². The maximum Gasteiger partial charge on any atom is 0.0362 e. The quantitative estimate of drug-likeness (QED) is 0.704. The Kier molecular flexibility index (Phi) is 7.01. The normalized spacial score (nSPS) is 25.9. The van der Waals surface area contributed by atoms with Crippen LogP contribution in [-0.2, 0) is 0 Å². The summed E-state index contributed by atoms with van der Waals surface area (Å²) in [5.41, 5.74) is 0.485.